The van der Waals surface area contributed by atoms with E-state index in [0.717, 1.165) is 13.1 Å². The maximum atomic E-state index is 12.3. The highest BCUT2D eigenvalue weighted by molar-refractivity contribution is 7.89. The number of hydrogen-bond acceptors (Lipinski definition) is 6. The first-order valence-corrected chi connectivity index (χ1v) is 8.14. The molecular weight excluding hydrogens is 282 g/mol. The van der Waals surface area contributed by atoms with E-state index in [1.807, 2.05) is 6.92 Å². The Morgan fingerprint density at radius 1 is 1.35 bits per heavy atom. The van der Waals surface area contributed by atoms with Crippen LogP contribution in [0.1, 0.15) is 18.4 Å². The average molecular weight is 303 g/mol. The monoisotopic (exact) mass is 303 g/mol. The van der Waals surface area contributed by atoms with Crippen molar-refractivity contribution in [1.82, 2.24) is 14.8 Å². The molecule has 1 aliphatic heterocycles. The molecule has 0 aromatic carbocycles. The molecule has 1 N–H and O–H groups in total. The molecule has 0 aliphatic carbocycles. The van der Waals surface area contributed by atoms with Gasteiger partial charge in [-0.3, -0.25) is 4.90 Å². The zero-order valence-electron chi connectivity index (χ0n) is 12.0. The summed E-state index contributed by atoms with van der Waals surface area (Å²) in [7, 11) is -3.59. The minimum Gasteiger partial charge on any atom is -0.379 e. The normalized spacial score (nSPS) is 19.1. The van der Waals surface area contributed by atoms with Crippen LogP contribution in [0.3, 0.4) is 0 Å². The van der Waals surface area contributed by atoms with Gasteiger partial charge >= 0.3 is 0 Å². The van der Waals surface area contributed by atoms with Gasteiger partial charge in [0.2, 0.25) is 10.0 Å². The van der Waals surface area contributed by atoms with Crippen LogP contribution in [0.4, 0.5) is 0 Å². The molecule has 114 valence electrons. The fourth-order valence-corrected chi connectivity index (χ4v) is 3.95. The Kier molecular flexibility index (Phi) is 4.79. The number of sulfonamides is 1. The van der Waals surface area contributed by atoms with Gasteiger partial charge in [0.05, 0.1) is 13.2 Å². The van der Waals surface area contributed by atoms with Crippen LogP contribution in [0.15, 0.2) is 9.42 Å². The average Bonchev–Trinajstić information content (AvgIpc) is 2.70. The molecule has 1 saturated heterocycles. The third-order valence-electron chi connectivity index (χ3n) is 3.23. The van der Waals surface area contributed by atoms with Crippen LogP contribution in [0.2, 0.25) is 0 Å². The van der Waals surface area contributed by atoms with Gasteiger partial charge in [-0.15, -0.1) is 0 Å². The van der Waals surface area contributed by atoms with Gasteiger partial charge in [0.1, 0.15) is 10.6 Å². The molecule has 8 heteroatoms. The summed E-state index contributed by atoms with van der Waals surface area (Å²) < 4.78 is 37.5. The Morgan fingerprint density at radius 3 is 2.55 bits per heavy atom. The first-order valence-electron chi connectivity index (χ1n) is 6.65. The lowest BCUT2D eigenvalue weighted by Crippen LogP contribution is -2.46. The molecule has 1 unspecified atom stereocenters. The van der Waals surface area contributed by atoms with Crippen LogP contribution in [0.5, 0.6) is 0 Å². The van der Waals surface area contributed by atoms with Gasteiger partial charge in [0.25, 0.3) is 0 Å². The van der Waals surface area contributed by atoms with E-state index < -0.39 is 10.0 Å². The van der Waals surface area contributed by atoms with Crippen molar-refractivity contribution in [2.24, 2.45) is 0 Å². The molecule has 0 spiro atoms. The van der Waals surface area contributed by atoms with Crippen molar-refractivity contribution < 1.29 is 17.7 Å². The van der Waals surface area contributed by atoms with Gasteiger partial charge in [-0.05, 0) is 20.8 Å². The number of ether oxygens (including phenoxy) is 1. The van der Waals surface area contributed by atoms with Crippen molar-refractivity contribution >= 4 is 10.0 Å². The first-order chi connectivity index (χ1) is 9.40. The second-order valence-electron chi connectivity index (χ2n) is 5.09. The quantitative estimate of drug-likeness (QED) is 0.841. The second kappa shape index (κ2) is 6.21. The van der Waals surface area contributed by atoms with Gasteiger partial charge in [0, 0.05) is 25.7 Å². The van der Waals surface area contributed by atoms with Crippen LogP contribution in [0, 0.1) is 13.8 Å². The van der Waals surface area contributed by atoms with E-state index in [4.69, 9.17) is 9.26 Å². The van der Waals surface area contributed by atoms with E-state index in [1.165, 1.54) is 0 Å². The number of morpholine rings is 1. The lowest BCUT2D eigenvalue weighted by Gasteiger charge is -2.29. The van der Waals surface area contributed by atoms with Crippen molar-refractivity contribution in [2.45, 2.75) is 31.7 Å². The Bertz CT molecular complexity index is 530. The number of aromatic nitrogens is 1. The largest absolute Gasteiger partial charge is 0.379 e. The van der Waals surface area contributed by atoms with Gasteiger partial charge in [-0.1, -0.05) is 5.16 Å². The number of hydrogen-bond donors (Lipinski definition) is 1. The molecule has 1 aromatic rings. The van der Waals surface area contributed by atoms with E-state index in [-0.39, 0.29) is 10.9 Å². The molecule has 2 rings (SSSR count). The minimum atomic E-state index is -3.59. The zero-order valence-corrected chi connectivity index (χ0v) is 12.9. The molecule has 7 nitrogen and oxygen atoms in total. The smallest absolute Gasteiger partial charge is 0.246 e. The SMILES string of the molecule is Cc1noc(C)c1S(=O)(=O)NC(C)CN1CCOCC1. The Balaban J connectivity index is 2.01. The van der Waals surface area contributed by atoms with E-state index in [9.17, 15) is 8.42 Å². The van der Waals surface area contributed by atoms with Crippen molar-refractivity contribution in [2.75, 3.05) is 32.8 Å². The van der Waals surface area contributed by atoms with Crippen LogP contribution in [0.25, 0.3) is 0 Å². The lowest BCUT2D eigenvalue weighted by atomic mass is 10.3. The summed E-state index contributed by atoms with van der Waals surface area (Å²) in [5.74, 6) is 0.313. The highest BCUT2D eigenvalue weighted by Gasteiger charge is 2.26. The maximum Gasteiger partial charge on any atom is 0.246 e. The standard InChI is InChI=1S/C12H21N3O4S/c1-9(8-15-4-6-18-7-5-15)14-20(16,17)12-10(2)13-19-11(12)3/h9,14H,4-8H2,1-3H3. The first kappa shape index (κ1) is 15.4. The van der Waals surface area contributed by atoms with Crippen molar-refractivity contribution in [1.29, 1.82) is 0 Å². The topological polar surface area (TPSA) is 84.7 Å². The highest BCUT2D eigenvalue weighted by atomic mass is 32.2. The van der Waals surface area contributed by atoms with Crippen LogP contribution >= 0.6 is 0 Å². The molecular formula is C12H21N3O4S. The highest BCUT2D eigenvalue weighted by Crippen LogP contribution is 2.18. The van der Waals surface area contributed by atoms with Gasteiger partial charge < -0.3 is 9.26 Å². The molecule has 0 radical (unpaired) electrons. The van der Waals surface area contributed by atoms with E-state index in [0.29, 0.717) is 31.2 Å². The van der Waals surface area contributed by atoms with E-state index in [2.05, 4.69) is 14.8 Å². The number of nitrogens with zero attached hydrogens (tertiary/aromatic N) is 2. The molecule has 1 atom stereocenters. The Hall–Kier alpha value is -0.960. The fraction of sp³-hybridized carbons (Fsp3) is 0.750. The summed E-state index contributed by atoms with van der Waals surface area (Å²) in [4.78, 5) is 2.33. The maximum absolute atomic E-state index is 12.3. The Morgan fingerprint density at radius 2 is 2.00 bits per heavy atom. The molecule has 1 fully saturated rings. The van der Waals surface area contributed by atoms with Crippen LogP contribution < -0.4 is 4.72 Å². The third-order valence-corrected chi connectivity index (χ3v) is 5.06. The van der Waals surface area contributed by atoms with E-state index >= 15 is 0 Å². The number of aryl methyl sites for hydroxylation is 2. The third kappa shape index (κ3) is 3.57. The summed E-state index contributed by atoms with van der Waals surface area (Å²) in [5, 5.41) is 3.68. The van der Waals surface area contributed by atoms with Crippen molar-refractivity contribution in [3.05, 3.63) is 11.5 Å². The zero-order chi connectivity index (χ0) is 14.8. The number of rotatable bonds is 5. The minimum absolute atomic E-state index is 0.145. The van der Waals surface area contributed by atoms with Crippen molar-refractivity contribution in [3.8, 4) is 0 Å². The lowest BCUT2D eigenvalue weighted by molar-refractivity contribution is 0.0354. The molecule has 20 heavy (non-hydrogen) atoms. The summed E-state index contributed by atoms with van der Waals surface area (Å²) in [6.45, 7) is 8.79. The predicted octanol–water partition coefficient (Wildman–Crippen LogP) is 0.290. The summed E-state index contributed by atoms with van der Waals surface area (Å²) >= 11 is 0. The van der Waals surface area contributed by atoms with Gasteiger partial charge in [-0.2, -0.15) is 0 Å². The van der Waals surface area contributed by atoms with Gasteiger partial charge in [-0.25, -0.2) is 13.1 Å². The number of nitrogens with one attached hydrogen (secondary N) is 1. The van der Waals surface area contributed by atoms with Crippen LogP contribution in [-0.4, -0.2) is 57.4 Å². The summed E-state index contributed by atoms with van der Waals surface area (Å²) in [5.41, 5.74) is 0.383. The summed E-state index contributed by atoms with van der Waals surface area (Å²) in [6, 6.07) is -0.188. The summed E-state index contributed by atoms with van der Waals surface area (Å²) in [6.07, 6.45) is 0. The van der Waals surface area contributed by atoms with Gasteiger partial charge in [0.15, 0.2) is 5.76 Å². The van der Waals surface area contributed by atoms with Crippen molar-refractivity contribution in [3.63, 3.8) is 0 Å². The van der Waals surface area contributed by atoms with E-state index in [1.54, 1.807) is 13.8 Å². The second-order valence-corrected chi connectivity index (χ2v) is 6.74. The molecule has 2 heterocycles. The Labute approximate surface area is 119 Å². The molecule has 1 aromatic heterocycles. The molecule has 0 amide bonds. The fourth-order valence-electron chi connectivity index (χ4n) is 2.39. The molecule has 1 aliphatic rings. The predicted molar refractivity (Wildman–Crippen MR) is 73.0 cm³/mol. The van der Waals surface area contributed by atoms with Crippen LogP contribution in [-0.2, 0) is 14.8 Å². The molecule has 0 bridgehead atoms. The molecule has 0 saturated carbocycles.